The Morgan fingerprint density at radius 2 is 2.00 bits per heavy atom. The number of sulfonamides is 1. The summed E-state index contributed by atoms with van der Waals surface area (Å²) in [6.07, 6.45) is 7.60. The number of benzene rings is 1. The van der Waals surface area contributed by atoms with Crippen molar-refractivity contribution in [2.45, 2.75) is 56.9 Å². The highest BCUT2D eigenvalue weighted by atomic mass is 79.9. The molecule has 0 spiro atoms. The second-order valence-electron chi connectivity index (χ2n) is 7.20. The Labute approximate surface area is 180 Å². The number of esters is 1. The molecule has 0 aromatic heterocycles. The van der Waals surface area contributed by atoms with E-state index >= 15 is 0 Å². The Balaban J connectivity index is 1.90. The monoisotopic (exact) mass is 486 g/mol. The summed E-state index contributed by atoms with van der Waals surface area (Å²) in [5.41, 5.74) is 1.39. The molecule has 0 heterocycles. The van der Waals surface area contributed by atoms with Gasteiger partial charge < -0.3 is 10.1 Å². The smallest absolute Gasteiger partial charge is 0.339 e. The molecule has 2 rings (SSSR count). The molecular weight excluding hydrogens is 460 g/mol. The standard InChI is InChI=1S/C20H27BrN2O5S/c1-14(2)23-29(26,27)16-8-9-18(21)17(12-16)20(25)28-13-19(24)22-11-10-15-6-4-3-5-7-15/h6,8-9,12,14,23H,3-5,7,10-11,13H2,1-2H3,(H,22,24). The molecule has 7 nitrogen and oxygen atoms in total. The molecular formula is C20H27BrN2O5S. The van der Waals surface area contributed by atoms with Gasteiger partial charge >= 0.3 is 5.97 Å². The summed E-state index contributed by atoms with van der Waals surface area (Å²) < 4.78 is 32.5. The molecule has 0 bridgehead atoms. The molecule has 1 aromatic carbocycles. The van der Waals surface area contributed by atoms with Gasteiger partial charge in [0.15, 0.2) is 6.61 Å². The van der Waals surface area contributed by atoms with Crippen LogP contribution in [0.15, 0.2) is 39.2 Å². The van der Waals surface area contributed by atoms with Crippen LogP contribution in [0.25, 0.3) is 0 Å². The van der Waals surface area contributed by atoms with Gasteiger partial charge in [-0.3, -0.25) is 4.79 Å². The summed E-state index contributed by atoms with van der Waals surface area (Å²) in [7, 11) is -3.75. The van der Waals surface area contributed by atoms with Crippen LogP contribution in [-0.4, -0.2) is 39.5 Å². The molecule has 0 radical (unpaired) electrons. The summed E-state index contributed by atoms with van der Waals surface area (Å²) in [5.74, 6) is -1.17. The molecule has 1 aliphatic carbocycles. The molecule has 29 heavy (non-hydrogen) atoms. The van der Waals surface area contributed by atoms with E-state index in [1.165, 1.54) is 36.6 Å². The lowest BCUT2D eigenvalue weighted by Gasteiger charge is -2.13. The minimum atomic E-state index is -3.75. The van der Waals surface area contributed by atoms with E-state index in [1.54, 1.807) is 13.8 Å². The summed E-state index contributed by atoms with van der Waals surface area (Å²) in [6.45, 7) is 3.48. The van der Waals surface area contributed by atoms with Crippen molar-refractivity contribution in [1.29, 1.82) is 0 Å². The quantitative estimate of drug-likeness (QED) is 0.411. The van der Waals surface area contributed by atoms with Crippen molar-refractivity contribution in [3.8, 4) is 0 Å². The van der Waals surface area contributed by atoms with E-state index in [0.717, 1.165) is 19.3 Å². The molecule has 0 saturated carbocycles. The van der Waals surface area contributed by atoms with Crippen LogP contribution in [0.3, 0.4) is 0 Å². The average molecular weight is 487 g/mol. The van der Waals surface area contributed by atoms with E-state index < -0.39 is 28.5 Å². The lowest BCUT2D eigenvalue weighted by atomic mass is 9.97. The largest absolute Gasteiger partial charge is 0.452 e. The lowest BCUT2D eigenvalue weighted by Crippen LogP contribution is -2.31. The molecule has 1 aliphatic rings. The predicted molar refractivity (Wildman–Crippen MR) is 114 cm³/mol. The van der Waals surface area contributed by atoms with Crippen LogP contribution in [0.1, 0.15) is 56.3 Å². The predicted octanol–water partition coefficient (Wildman–Crippen LogP) is 3.30. The molecule has 160 valence electrons. The third kappa shape index (κ3) is 7.56. The van der Waals surface area contributed by atoms with Crippen LogP contribution in [0.4, 0.5) is 0 Å². The SMILES string of the molecule is CC(C)NS(=O)(=O)c1ccc(Br)c(C(=O)OCC(=O)NCCC2=CCCCC2)c1. The van der Waals surface area contributed by atoms with Crippen LogP contribution in [0, 0.1) is 0 Å². The van der Waals surface area contributed by atoms with Gasteiger partial charge in [-0.2, -0.15) is 0 Å². The zero-order valence-electron chi connectivity index (χ0n) is 16.7. The highest BCUT2D eigenvalue weighted by Crippen LogP contribution is 2.22. The van der Waals surface area contributed by atoms with Crippen LogP contribution >= 0.6 is 15.9 Å². The van der Waals surface area contributed by atoms with E-state index in [-0.39, 0.29) is 16.5 Å². The van der Waals surface area contributed by atoms with Crippen LogP contribution in [0.2, 0.25) is 0 Å². The summed E-state index contributed by atoms with van der Waals surface area (Å²) >= 11 is 3.22. The zero-order valence-corrected chi connectivity index (χ0v) is 19.1. The van der Waals surface area contributed by atoms with Gasteiger partial charge in [0, 0.05) is 17.1 Å². The van der Waals surface area contributed by atoms with E-state index in [1.807, 2.05) is 0 Å². The maximum absolute atomic E-state index is 12.3. The van der Waals surface area contributed by atoms with Crippen molar-refractivity contribution in [2.75, 3.05) is 13.2 Å². The van der Waals surface area contributed by atoms with E-state index in [0.29, 0.717) is 11.0 Å². The molecule has 1 aromatic rings. The topological polar surface area (TPSA) is 102 Å². The van der Waals surface area contributed by atoms with E-state index in [4.69, 9.17) is 4.74 Å². The molecule has 0 aliphatic heterocycles. The van der Waals surface area contributed by atoms with Crippen molar-refractivity contribution < 1.29 is 22.7 Å². The van der Waals surface area contributed by atoms with Crippen LogP contribution in [0.5, 0.6) is 0 Å². The first-order valence-corrected chi connectivity index (χ1v) is 11.9. The number of carbonyl (C=O) groups excluding carboxylic acids is 2. The number of nitrogens with one attached hydrogen (secondary N) is 2. The van der Waals surface area contributed by atoms with Gasteiger partial charge in [0.2, 0.25) is 10.0 Å². The van der Waals surface area contributed by atoms with Crippen LogP contribution < -0.4 is 10.0 Å². The minimum Gasteiger partial charge on any atom is -0.452 e. The second kappa shape index (κ2) is 10.9. The molecule has 9 heteroatoms. The van der Waals surface area contributed by atoms with Crippen molar-refractivity contribution >= 4 is 37.8 Å². The van der Waals surface area contributed by atoms with Crippen molar-refractivity contribution in [3.05, 3.63) is 39.9 Å². The normalized spacial score (nSPS) is 14.4. The minimum absolute atomic E-state index is 0.0387. The molecule has 0 fully saturated rings. The summed E-state index contributed by atoms with van der Waals surface area (Å²) in [5, 5.41) is 2.73. The Morgan fingerprint density at radius 3 is 2.66 bits per heavy atom. The van der Waals surface area contributed by atoms with E-state index in [2.05, 4.69) is 32.0 Å². The number of allylic oxidation sites excluding steroid dienone is 1. The average Bonchev–Trinajstić information content (AvgIpc) is 2.66. The highest BCUT2D eigenvalue weighted by molar-refractivity contribution is 9.10. The third-order valence-corrected chi connectivity index (χ3v) is 6.69. The fraction of sp³-hybridized carbons (Fsp3) is 0.500. The maximum atomic E-state index is 12.3. The Kier molecular flexibility index (Phi) is 8.85. The van der Waals surface area contributed by atoms with Crippen LogP contribution in [-0.2, 0) is 19.6 Å². The Bertz CT molecular complexity index is 881. The Hall–Kier alpha value is -1.71. The highest BCUT2D eigenvalue weighted by Gasteiger charge is 2.20. The van der Waals surface area contributed by atoms with Gasteiger partial charge in [-0.15, -0.1) is 0 Å². The second-order valence-corrected chi connectivity index (χ2v) is 9.77. The number of hydrogen-bond donors (Lipinski definition) is 2. The van der Waals surface area contributed by atoms with Crippen molar-refractivity contribution in [2.24, 2.45) is 0 Å². The number of hydrogen-bond acceptors (Lipinski definition) is 5. The van der Waals surface area contributed by atoms with Crippen molar-refractivity contribution in [1.82, 2.24) is 10.0 Å². The number of ether oxygens (including phenoxy) is 1. The zero-order chi connectivity index (χ0) is 21.4. The van der Waals surface area contributed by atoms with Gasteiger partial charge in [-0.05, 0) is 80.1 Å². The van der Waals surface area contributed by atoms with Crippen molar-refractivity contribution in [3.63, 3.8) is 0 Å². The molecule has 1 amide bonds. The van der Waals surface area contributed by atoms with Gasteiger partial charge in [0.05, 0.1) is 10.5 Å². The van der Waals surface area contributed by atoms with Gasteiger partial charge in [-0.25, -0.2) is 17.9 Å². The number of halogens is 1. The molecule has 0 saturated heterocycles. The number of carbonyl (C=O) groups is 2. The number of rotatable bonds is 9. The summed E-state index contributed by atoms with van der Waals surface area (Å²) in [6, 6.07) is 3.79. The maximum Gasteiger partial charge on any atom is 0.339 e. The fourth-order valence-electron chi connectivity index (χ4n) is 2.96. The number of amides is 1. The third-order valence-electron chi connectivity index (χ3n) is 4.35. The first kappa shape index (κ1) is 23.6. The van der Waals surface area contributed by atoms with Gasteiger partial charge in [-0.1, -0.05) is 11.6 Å². The van der Waals surface area contributed by atoms with E-state index in [9.17, 15) is 18.0 Å². The molecule has 0 atom stereocenters. The fourth-order valence-corrected chi connectivity index (χ4v) is 4.65. The Morgan fingerprint density at radius 1 is 1.24 bits per heavy atom. The molecule has 2 N–H and O–H groups in total. The lowest BCUT2D eigenvalue weighted by molar-refractivity contribution is -0.124. The molecule has 0 unspecified atom stereocenters. The first-order chi connectivity index (χ1) is 13.7. The van der Waals surface area contributed by atoms with Gasteiger partial charge in [0.1, 0.15) is 0 Å². The van der Waals surface area contributed by atoms with Gasteiger partial charge in [0.25, 0.3) is 5.91 Å². The summed E-state index contributed by atoms with van der Waals surface area (Å²) in [4.78, 5) is 24.2. The first-order valence-electron chi connectivity index (χ1n) is 9.62.